The Labute approximate surface area is 160 Å². The lowest BCUT2D eigenvalue weighted by molar-refractivity contribution is -0.384. The lowest BCUT2D eigenvalue weighted by Gasteiger charge is -2.19. The molecule has 28 heavy (non-hydrogen) atoms. The molecule has 0 radical (unpaired) electrons. The molecule has 3 rings (SSSR count). The van der Waals surface area contributed by atoms with Crippen LogP contribution in [-0.2, 0) is 13.6 Å². The fourth-order valence-corrected chi connectivity index (χ4v) is 4.62. The molecule has 0 N–H and O–H groups in total. The summed E-state index contributed by atoms with van der Waals surface area (Å²) in [7, 11) is -3.99. The average Bonchev–Trinajstić information content (AvgIpc) is 2.68. The van der Waals surface area contributed by atoms with Gasteiger partial charge in [-0.05, 0) is 38.1 Å². The van der Waals surface area contributed by atoms with Crippen molar-refractivity contribution in [2.24, 2.45) is 0 Å². The molecule has 146 valence electrons. The first-order valence-corrected chi connectivity index (χ1v) is 10.2. The Kier molecular flexibility index (Phi) is 5.74. The number of rotatable bonds is 7. The molecule has 9 heteroatoms. The lowest BCUT2D eigenvalue weighted by Crippen LogP contribution is -2.29. The van der Waals surface area contributed by atoms with Gasteiger partial charge in [0.25, 0.3) is 5.69 Å². The van der Waals surface area contributed by atoms with Crippen LogP contribution < -0.4 is 10.7 Å². The smallest absolute Gasteiger partial charge is 0.369 e. The van der Waals surface area contributed by atoms with Crippen LogP contribution in [0.25, 0.3) is 22.3 Å². The van der Waals surface area contributed by atoms with Gasteiger partial charge in [0.05, 0.1) is 23.5 Å². The number of para-hydroxylation sites is 1. The van der Waals surface area contributed by atoms with Crippen LogP contribution in [0.2, 0.25) is 0 Å². The van der Waals surface area contributed by atoms with Gasteiger partial charge < -0.3 is 13.5 Å². The zero-order valence-electron chi connectivity index (χ0n) is 15.3. The molecule has 0 aliphatic carbocycles. The van der Waals surface area contributed by atoms with Gasteiger partial charge in [-0.2, -0.15) is 0 Å². The molecule has 0 aliphatic heterocycles. The number of fused-ring (bicyclic) bond motifs is 1. The monoisotopic (exact) mass is 403 g/mol. The summed E-state index contributed by atoms with van der Waals surface area (Å²) in [6.45, 7) is 3.40. The predicted octanol–water partition coefficient (Wildman–Crippen LogP) is 4.26. The van der Waals surface area contributed by atoms with Gasteiger partial charge in [-0.3, -0.25) is 19.5 Å². The molecule has 1 heterocycles. The van der Waals surface area contributed by atoms with E-state index in [1.807, 2.05) is 0 Å². The van der Waals surface area contributed by atoms with Crippen molar-refractivity contribution < 1.29 is 23.0 Å². The van der Waals surface area contributed by atoms with Crippen molar-refractivity contribution in [1.82, 2.24) is 0 Å². The minimum atomic E-state index is -3.99. The van der Waals surface area contributed by atoms with E-state index in [1.54, 1.807) is 38.1 Å². The number of non-ortho nitro benzene ring substituents is 1. The Hall–Kier alpha value is -2.80. The van der Waals surface area contributed by atoms with Crippen LogP contribution in [0.15, 0.2) is 57.7 Å². The molecular weight excluding hydrogens is 385 g/mol. The quantitative estimate of drug-likeness (QED) is 0.329. The van der Waals surface area contributed by atoms with Gasteiger partial charge in [-0.25, -0.2) is 0 Å². The number of nitro benzene ring substituents is 1. The number of benzene rings is 2. The summed E-state index contributed by atoms with van der Waals surface area (Å²) in [5, 5.41) is 10.9. The summed E-state index contributed by atoms with van der Waals surface area (Å²) in [6, 6.07) is 12.0. The van der Waals surface area contributed by atoms with Crippen molar-refractivity contribution in [3.8, 4) is 11.3 Å². The maximum absolute atomic E-state index is 13.4. The van der Waals surface area contributed by atoms with Crippen LogP contribution in [-0.4, -0.2) is 18.1 Å². The Bertz CT molecular complexity index is 1110. The minimum Gasteiger partial charge on any atom is -0.455 e. The average molecular weight is 403 g/mol. The Morgan fingerprint density at radius 1 is 1.04 bits per heavy atom. The van der Waals surface area contributed by atoms with Crippen LogP contribution in [0.3, 0.4) is 0 Å². The molecule has 0 aliphatic rings. The standard InChI is InChI=1S/C19H18NO7P/c1-3-25-28(24,26-4-2)19-17(21)15-7-5-6-8-16(15)27-18(19)13-9-11-14(12-10-13)20(22)23/h5-12H,3-4H2,1-2H3. The van der Waals surface area contributed by atoms with E-state index in [9.17, 15) is 19.5 Å². The molecule has 0 spiro atoms. The van der Waals surface area contributed by atoms with E-state index >= 15 is 0 Å². The zero-order chi connectivity index (χ0) is 20.3. The maximum atomic E-state index is 13.4. The predicted molar refractivity (Wildman–Crippen MR) is 105 cm³/mol. The molecule has 1 aromatic heterocycles. The van der Waals surface area contributed by atoms with Crippen molar-refractivity contribution in [2.45, 2.75) is 13.8 Å². The SMILES string of the molecule is CCOP(=O)(OCC)c1c(-c2ccc([N+](=O)[O-])cc2)oc2ccccc2c1=O. The Morgan fingerprint density at radius 2 is 1.64 bits per heavy atom. The fourth-order valence-electron chi connectivity index (χ4n) is 2.82. The van der Waals surface area contributed by atoms with Crippen LogP contribution in [0.5, 0.6) is 0 Å². The molecule has 0 bridgehead atoms. The lowest BCUT2D eigenvalue weighted by atomic mass is 10.1. The molecule has 0 fully saturated rings. The first-order chi connectivity index (χ1) is 13.4. The van der Waals surface area contributed by atoms with E-state index in [0.29, 0.717) is 11.1 Å². The number of nitrogens with zero attached hydrogens (tertiary/aromatic N) is 1. The largest absolute Gasteiger partial charge is 0.455 e. The molecule has 0 saturated heterocycles. The van der Waals surface area contributed by atoms with E-state index in [2.05, 4.69) is 0 Å². The van der Waals surface area contributed by atoms with Crippen LogP contribution in [0.4, 0.5) is 5.69 Å². The van der Waals surface area contributed by atoms with Crippen molar-refractivity contribution in [3.05, 3.63) is 68.9 Å². The van der Waals surface area contributed by atoms with E-state index in [0.717, 1.165) is 0 Å². The third kappa shape index (κ3) is 3.62. The third-order valence-corrected chi connectivity index (χ3v) is 6.14. The first kappa shape index (κ1) is 19.9. The third-order valence-electron chi connectivity index (χ3n) is 3.99. The van der Waals surface area contributed by atoms with Gasteiger partial charge in [0.2, 0.25) is 5.43 Å². The second-order valence-corrected chi connectivity index (χ2v) is 7.70. The minimum absolute atomic E-state index is 0.00355. The molecule has 0 amide bonds. The van der Waals surface area contributed by atoms with Gasteiger partial charge in [-0.15, -0.1) is 0 Å². The Balaban J connectivity index is 2.35. The number of hydrogen-bond acceptors (Lipinski definition) is 7. The van der Waals surface area contributed by atoms with E-state index < -0.39 is 17.9 Å². The first-order valence-electron chi connectivity index (χ1n) is 8.61. The Morgan fingerprint density at radius 3 is 2.21 bits per heavy atom. The van der Waals surface area contributed by atoms with E-state index in [1.165, 1.54) is 24.3 Å². The summed E-state index contributed by atoms with van der Waals surface area (Å²) in [6.07, 6.45) is 0. The second kappa shape index (κ2) is 8.06. The fraction of sp³-hybridized carbons (Fsp3) is 0.211. The van der Waals surface area contributed by atoms with Gasteiger partial charge in [0.15, 0.2) is 11.1 Å². The summed E-state index contributed by atoms with van der Waals surface area (Å²) in [5.41, 5.74) is -0.00101. The summed E-state index contributed by atoms with van der Waals surface area (Å²) in [4.78, 5) is 23.6. The highest BCUT2D eigenvalue weighted by Gasteiger charge is 2.36. The molecular formula is C19H18NO7P. The number of nitro groups is 1. The van der Waals surface area contributed by atoms with Gasteiger partial charge >= 0.3 is 7.60 Å². The van der Waals surface area contributed by atoms with E-state index in [4.69, 9.17) is 13.5 Å². The molecule has 2 aromatic carbocycles. The van der Waals surface area contributed by atoms with Gasteiger partial charge in [-0.1, -0.05) is 12.1 Å². The molecule has 3 aromatic rings. The highest BCUT2D eigenvalue weighted by molar-refractivity contribution is 7.62. The summed E-state index contributed by atoms with van der Waals surface area (Å²) >= 11 is 0. The molecule has 0 unspecified atom stereocenters. The summed E-state index contributed by atoms with van der Waals surface area (Å²) < 4.78 is 30.1. The zero-order valence-corrected chi connectivity index (χ0v) is 16.2. The van der Waals surface area contributed by atoms with Crippen LogP contribution >= 0.6 is 7.60 Å². The van der Waals surface area contributed by atoms with Crippen molar-refractivity contribution >= 4 is 29.6 Å². The second-order valence-electron chi connectivity index (χ2n) is 5.74. The van der Waals surface area contributed by atoms with Crippen LogP contribution in [0.1, 0.15) is 13.8 Å². The highest BCUT2D eigenvalue weighted by atomic mass is 31.2. The van der Waals surface area contributed by atoms with Gasteiger partial charge in [0.1, 0.15) is 5.58 Å². The maximum Gasteiger partial charge on any atom is 0.369 e. The van der Waals surface area contributed by atoms with E-state index in [-0.39, 0.29) is 35.4 Å². The highest BCUT2D eigenvalue weighted by Crippen LogP contribution is 2.48. The normalized spacial score (nSPS) is 11.6. The van der Waals surface area contributed by atoms with Crippen LogP contribution in [0, 0.1) is 10.1 Å². The molecule has 8 nitrogen and oxygen atoms in total. The number of hydrogen-bond donors (Lipinski definition) is 0. The van der Waals surface area contributed by atoms with Crippen molar-refractivity contribution in [3.63, 3.8) is 0 Å². The molecule has 0 saturated carbocycles. The van der Waals surface area contributed by atoms with Crippen molar-refractivity contribution in [1.29, 1.82) is 0 Å². The topological polar surface area (TPSA) is 109 Å². The van der Waals surface area contributed by atoms with Gasteiger partial charge in [0, 0.05) is 17.7 Å². The molecule has 0 atom stereocenters. The summed E-state index contributed by atoms with van der Waals surface area (Å²) in [5.74, 6) is 0.00355. The van der Waals surface area contributed by atoms with Crippen molar-refractivity contribution in [2.75, 3.05) is 13.2 Å².